The summed E-state index contributed by atoms with van der Waals surface area (Å²) in [5, 5.41) is 3.29. The molecule has 0 spiro atoms. The monoisotopic (exact) mass is 203 g/mol. The van der Waals surface area contributed by atoms with Gasteiger partial charge < -0.3 is 5.32 Å². The SMILES string of the molecule is C#C.CC(C)C/C1=C/NC/C=C\C=C/C1. The van der Waals surface area contributed by atoms with Crippen molar-refractivity contribution in [1.29, 1.82) is 0 Å². The predicted molar refractivity (Wildman–Crippen MR) is 68.3 cm³/mol. The molecule has 0 aromatic carbocycles. The van der Waals surface area contributed by atoms with E-state index in [4.69, 9.17) is 0 Å². The van der Waals surface area contributed by atoms with Crippen LogP contribution in [0.2, 0.25) is 0 Å². The second kappa shape index (κ2) is 9.15. The zero-order valence-electron chi connectivity index (χ0n) is 9.74. The highest BCUT2D eigenvalue weighted by atomic mass is 14.8. The Labute approximate surface area is 94.0 Å². The molecule has 0 fully saturated rings. The van der Waals surface area contributed by atoms with Crippen LogP contribution in [0.15, 0.2) is 36.1 Å². The van der Waals surface area contributed by atoms with E-state index in [1.54, 1.807) is 0 Å². The van der Waals surface area contributed by atoms with E-state index in [-0.39, 0.29) is 0 Å². The van der Waals surface area contributed by atoms with Crippen LogP contribution in [0.1, 0.15) is 26.7 Å². The molecule has 15 heavy (non-hydrogen) atoms. The summed E-state index contributed by atoms with van der Waals surface area (Å²) in [6.45, 7) is 5.46. The average Bonchev–Trinajstić information content (AvgIpc) is 2.34. The highest BCUT2D eigenvalue weighted by Crippen LogP contribution is 2.14. The number of nitrogens with one attached hydrogen (secondary N) is 1. The van der Waals surface area contributed by atoms with Gasteiger partial charge in [0.1, 0.15) is 0 Å². The van der Waals surface area contributed by atoms with Crippen LogP contribution in [0.25, 0.3) is 0 Å². The van der Waals surface area contributed by atoms with Crippen LogP contribution in [0, 0.1) is 18.8 Å². The van der Waals surface area contributed by atoms with Crippen LogP contribution in [-0.2, 0) is 0 Å². The van der Waals surface area contributed by atoms with Gasteiger partial charge in [0.05, 0.1) is 0 Å². The minimum atomic E-state index is 0.746. The first kappa shape index (κ1) is 13.6. The minimum absolute atomic E-state index is 0.746. The molecular weight excluding hydrogens is 182 g/mol. The molecular formula is C14H21N. The average molecular weight is 203 g/mol. The lowest BCUT2D eigenvalue weighted by Gasteiger charge is -2.08. The molecule has 0 unspecified atom stereocenters. The highest BCUT2D eigenvalue weighted by molar-refractivity contribution is 5.13. The summed E-state index contributed by atoms with van der Waals surface area (Å²) in [4.78, 5) is 0. The van der Waals surface area contributed by atoms with Crippen molar-refractivity contribution in [3.63, 3.8) is 0 Å². The second-order valence-corrected chi connectivity index (χ2v) is 3.87. The third kappa shape index (κ3) is 7.64. The topological polar surface area (TPSA) is 12.0 Å². The first-order chi connectivity index (χ1) is 7.29. The van der Waals surface area contributed by atoms with Crippen LogP contribution < -0.4 is 5.32 Å². The lowest BCUT2D eigenvalue weighted by Crippen LogP contribution is -2.06. The Kier molecular flexibility index (Phi) is 8.28. The maximum Gasteiger partial charge on any atom is 0.0328 e. The van der Waals surface area contributed by atoms with Gasteiger partial charge in [-0.1, -0.05) is 43.7 Å². The van der Waals surface area contributed by atoms with E-state index in [1.807, 2.05) is 0 Å². The van der Waals surface area contributed by atoms with Crippen molar-refractivity contribution in [2.45, 2.75) is 26.7 Å². The zero-order valence-corrected chi connectivity index (χ0v) is 9.74. The molecule has 0 aliphatic carbocycles. The maximum absolute atomic E-state index is 4.00. The fourth-order valence-electron chi connectivity index (χ4n) is 1.44. The van der Waals surface area contributed by atoms with Crippen LogP contribution in [0.4, 0.5) is 0 Å². The van der Waals surface area contributed by atoms with Crippen molar-refractivity contribution in [1.82, 2.24) is 5.32 Å². The van der Waals surface area contributed by atoms with E-state index in [0.717, 1.165) is 18.9 Å². The summed E-state index contributed by atoms with van der Waals surface area (Å²) in [5.41, 5.74) is 1.50. The van der Waals surface area contributed by atoms with Crippen LogP contribution >= 0.6 is 0 Å². The number of hydrogen-bond acceptors (Lipinski definition) is 1. The quantitative estimate of drug-likeness (QED) is 0.679. The Morgan fingerprint density at radius 2 is 1.93 bits per heavy atom. The van der Waals surface area contributed by atoms with E-state index in [2.05, 4.69) is 62.5 Å². The van der Waals surface area contributed by atoms with Gasteiger partial charge in [0, 0.05) is 6.54 Å². The molecule has 1 nitrogen and oxygen atoms in total. The fourth-order valence-corrected chi connectivity index (χ4v) is 1.44. The third-order valence-corrected chi connectivity index (χ3v) is 1.98. The van der Waals surface area contributed by atoms with Gasteiger partial charge in [-0.2, -0.15) is 0 Å². The van der Waals surface area contributed by atoms with Gasteiger partial charge >= 0.3 is 0 Å². The van der Waals surface area contributed by atoms with Crippen LogP contribution in [0.3, 0.4) is 0 Å². The zero-order chi connectivity index (χ0) is 11.5. The van der Waals surface area contributed by atoms with E-state index in [9.17, 15) is 0 Å². The van der Waals surface area contributed by atoms with Crippen molar-refractivity contribution in [3.05, 3.63) is 36.1 Å². The Morgan fingerprint density at radius 1 is 1.27 bits per heavy atom. The molecule has 1 heteroatoms. The molecule has 1 rings (SSSR count). The maximum atomic E-state index is 4.00. The van der Waals surface area contributed by atoms with Crippen LogP contribution in [0.5, 0.6) is 0 Å². The number of terminal acetylenes is 1. The first-order valence-electron chi connectivity index (χ1n) is 5.35. The van der Waals surface area contributed by atoms with Crippen molar-refractivity contribution in [2.75, 3.05) is 6.54 Å². The molecule has 0 bridgehead atoms. The van der Waals surface area contributed by atoms with E-state index < -0.39 is 0 Å². The largest absolute Gasteiger partial charge is 0.387 e. The second-order valence-electron chi connectivity index (χ2n) is 3.87. The van der Waals surface area contributed by atoms with Crippen LogP contribution in [-0.4, -0.2) is 6.54 Å². The Morgan fingerprint density at radius 3 is 2.60 bits per heavy atom. The molecule has 1 N–H and O–H groups in total. The first-order valence-corrected chi connectivity index (χ1v) is 5.35. The smallest absolute Gasteiger partial charge is 0.0328 e. The van der Waals surface area contributed by atoms with Crippen molar-refractivity contribution in [2.24, 2.45) is 5.92 Å². The molecule has 0 saturated heterocycles. The fraction of sp³-hybridized carbons (Fsp3) is 0.429. The molecule has 1 aliphatic heterocycles. The van der Waals surface area contributed by atoms with Gasteiger partial charge in [0.2, 0.25) is 0 Å². The summed E-state index contributed by atoms with van der Waals surface area (Å²) < 4.78 is 0. The molecule has 0 aromatic heterocycles. The highest BCUT2D eigenvalue weighted by Gasteiger charge is 1.99. The molecule has 0 saturated carbocycles. The molecule has 1 heterocycles. The minimum Gasteiger partial charge on any atom is -0.387 e. The third-order valence-electron chi connectivity index (χ3n) is 1.98. The molecule has 1 aliphatic rings. The summed E-state index contributed by atoms with van der Waals surface area (Å²) in [6, 6.07) is 0. The van der Waals surface area contributed by atoms with Crippen molar-refractivity contribution in [3.8, 4) is 12.8 Å². The molecule has 82 valence electrons. The van der Waals surface area contributed by atoms with Crippen molar-refractivity contribution < 1.29 is 0 Å². The van der Waals surface area contributed by atoms with E-state index in [1.165, 1.54) is 12.0 Å². The summed E-state index contributed by atoms with van der Waals surface area (Å²) in [6.07, 6.45) is 21.0. The number of rotatable bonds is 2. The molecule has 0 amide bonds. The Hall–Kier alpha value is -1.42. The van der Waals surface area contributed by atoms with Gasteiger partial charge in [0.25, 0.3) is 0 Å². The van der Waals surface area contributed by atoms with Crippen molar-refractivity contribution >= 4 is 0 Å². The standard InChI is InChI=1S/C12H19N.C2H2/c1-11(2)9-12-7-5-3-4-6-8-13-10-12;1-2/h3-6,10-11,13H,7-9H2,1-2H3;1-2H/b5-3-,6-4-,12-10+;. The van der Waals surface area contributed by atoms with Gasteiger partial charge in [-0.3, -0.25) is 0 Å². The summed E-state index contributed by atoms with van der Waals surface area (Å²) in [7, 11) is 0. The van der Waals surface area contributed by atoms with Gasteiger partial charge in [-0.15, -0.1) is 12.8 Å². The lowest BCUT2D eigenvalue weighted by molar-refractivity contribution is 0.631. The Balaban J connectivity index is 0.000000921. The number of hydrogen-bond donors (Lipinski definition) is 1. The predicted octanol–water partition coefficient (Wildman–Crippen LogP) is 3.27. The summed E-state index contributed by atoms with van der Waals surface area (Å²) in [5.74, 6) is 0.746. The van der Waals surface area contributed by atoms with E-state index in [0.29, 0.717) is 0 Å². The van der Waals surface area contributed by atoms with E-state index >= 15 is 0 Å². The lowest BCUT2D eigenvalue weighted by atomic mass is 10.0. The van der Waals surface area contributed by atoms with Gasteiger partial charge in [-0.05, 0) is 25.0 Å². The molecule has 0 radical (unpaired) electrons. The summed E-state index contributed by atoms with van der Waals surface area (Å²) >= 11 is 0. The van der Waals surface area contributed by atoms with Gasteiger partial charge in [0.15, 0.2) is 0 Å². The molecule has 0 atom stereocenters. The normalized spacial score (nSPS) is 22.9. The number of allylic oxidation sites excluding steroid dienone is 4. The Bertz CT molecular complexity index is 254. The van der Waals surface area contributed by atoms with Gasteiger partial charge in [-0.25, -0.2) is 0 Å². The molecule has 0 aromatic rings.